The first-order valence-electron chi connectivity index (χ1n) is 14.4. The van der Waals surface area contributed by atoms with Gasteiger partial charge in [-0.15, -0.1) is 0 Å². The minimum atomic E-state index is -1.07. The maximum absolute atomic E-state index is 14.1. The molecular formula is C31H47N3O5. The van der Waals surface area contributed by atoms with Gasteiger partial charge in [0.2, 0.25) is 17.7 Å². The first kappa shape index (κ1) is 29.5. The molecule has 3 saturated heterocycles. The molecule has 8 nitrogen and oxygen atoms in total. The number of ether oxygens (including phenoxy) is 1. The number of nitrogens with zero attached hydrogens (tertiary/aromatic N) is 1. The van der Waals surface area contributed by atoms with E-state index in [9.17, 15) is 19.5 Å². The van der Waals surface area contributed by atoms with Gasteiger partial charge in [0.25, 0.3) is 0 Å². The zero-order valence-corrected chi connectivity index (χ0v) is 24.7. The lowest BCUT2D eigenvalue weighted by Crippen LogP contribution is -2.59. The fourth-order valence-electron chi connectivity index (χ4n) is 7.74. The summed E-state index contributed by atoms with van der Waals surface area (Å²) in [4.78, 5) is 43.7. The van der Waals surface area contributed by atoms with Crippen molar-refractivity contribution < 1.29 is 24.2 Å². The summed E-state index contributed by atoms with van der Waals surface area (Å²) in [7, 11) is 0. The Bertz CT molecular complexity index is 1080. The zero-order valence-electron chi connectivity index (χ0n) is 24.7. The van der Waals surface area contributed by atoms with E-state index in [1.807, 2.05) is 51.1 Å². The van der Waals surface area contributed by atoms with Crippen LogP contribution >= 0.6 is 0 Å². The van der Waals surface area contributed by atoms with Crippen molar-refractivity contribution in [3.8, 4) is 0 Å². The van der Waals surface area contributed by atoms with Crippen LogP contribution in [0.5, 0.6) is 0 Å². The largest absolute Gasteiger partial charge is 0.396 e. The third-order valence-electron chi connectivity index (χ3n) is 8.90. The second-order valence-corrected chi connectivity index (χ2v) is 14.0. The molecule has 3 unspecified atom stereocenters. The number of hydrogen-bond acceptors (Lipinski definition) is 5. The Labute approximate surface area is 233 Å². The molecular weight excluding hydrogens is 494 g/mol. The molecule has 3 aliphatic heterocycles. The van der Waals surface area contributed by atoms with Crippen molar-refractivity contribution >= 4 is 17.7 Å². The van der Waals surface area contributed by atoms with Crippen LogP contribution in [0.25, 0.3) is 0 Å². The summed E-state index contributed by atoms with van der Waals surface area (Å²) in [6.45, 7) is 15.1. The number of hydrogen-bond donors (Lipinski definition) is 3. The van der Waals surface area contributed by atoms with Crippen LogP contribution in [0.1, 0.15) is 79.7 Å². The van der Waals surface area contributed by atoms with E-state index in [0.29, 0.717) is 32.4 Å². The highest BCUT2D eigenvalue weighted by molar-refractivity contribution is 5.99. The number of amides is 3. The molecule has 1 spiro atoms. The number of unbranched alkanes of at least 4 members (excludes halogenated alkanes) is 1. The van der Waals surface area contributed by atoms with Crippen LogP contribution in [0.15, 0.2) is 30.3 Å². The van der Waals surface area contributed by atoms with Crippen LogP contribution in [0.2, 0.25) is 0 Å². The number of rotatable bonds is 10. The molecule has 39 heavy (non-hydrogen) atoms. The van der Waals surface area contributed by atoms with Gasteiger partial charge in [-0.3, -0.25) is 14.4 Å². The predicted molar refractivity (Wildman–Crippen MR) is 149 cm³/mol. The third-order valence-corrected chi connectivity index (χ3v) is 8.90. The quantitative estimate of drug-likeness (QED) is 0.394. The Balaban J connectivity index is 1.67. The van der Waals surface area contributed by atoms with Crippen molar-refractivity contribution in [2.45, 2.75) is 103 Å². The van der Waals surface area contributed by atoms with Crippen LogP contribution in [-0.4, -0.2) is 63.7 Å². The number of likely N-dealkylation sites (tertiary alicyclic amines) is 1. The maximum atomic E-state index is 14.1. The van der Waals surface area contributed by atoms with Gasteiger partial charge in [0.05, 0.1) is 17.4 Å². The molecule has 2 bridgehead atoms. The topological polar surface area (TPSA) is 108 Å². The molecule has 3 heterocycles. The highest BCUT2D eigenvalue weighted by atomic mass is 16.5. The average Bonchev–Trinajstić information content (AvgIpc) is 3.33. The lowest BCUT2D eigenvalue weighted by atomic mass is 9.62. The van der Waals surface area contributed by atoms with Crippen LogP contribution in [0.4, 0.5) is 0 Å². The lowest BCUT2D eigenvalue weighted by Gasteiger charge is -2.38. The summed E-state index contributed by atoms with van der Waals surface area (Å²) >= 11 is 0. The highest BCUT2D eigenvalue weighted by Crippen LogP contribution is 2.65. The third kappa shape index (κ3) is 5.47. The van der Waals surface area contributed by atoms with Gasteiger partial charge < -0.3 is 25.4 Å². The van der Waals surface area contributed by atoms with Gasteiger partial charge in [0.1, 0.15) is 11.6 Å². The molecule has 3 aliphatic rings. The van der Waals surface area contributed by atoms with Crippen LogP contribution in [-0.2, 0) is 25.7 Å². The molecule has 3 amide bonds. The molecule has 4 rings (SSSR count). The molecule has 0 aliphatic carbocycles. The number of benzene rings is 1. The van der Waals surface area contributed by atoms with Crippen molar-refractivity contribution in [3.05, 3.63) is 35.9 Å². The van der Waals surface area contributed by atoms with Gasteiger partial charge in [-0.2, -0.15) is 0 Å². The maximum Gasteiger partial charge on any atom is 0.246 e. The minimum Gasteiger partial charge on any atom is -0.396 e. The molecule has 6 atom stereocenters. The van der Waals surface area contributed by atoms with E-state index in [-0.39, 0.29) is 35.7 Å². The van der Waals surface area contributed by atoms with Crippen LogP contribution in [0.3, 0.4) is 0 Å². The molecule has 3 N–H and O–H groups in total. The van der Waals surface area contributed by atoms with Crippen molar-refractivity contribution in [1.82, 2.24) is 15.5 Å². The molecule has 3 fully saturated rings. The Hall–Kier alpha value is -2.45. The summed E-state index contributed by atoms with van der Waals surface area (Å²) in [6, 6.07) is 8.85. The van der Waals surface area contributed by atoms with Gasteiger partial charge in [-0.25, -0.2) is 0 Å². The van der Waals surface area contributed by atoms with Gasteiger partial charge in [0, 0.05) is 25.2 Å². The summed E-state index contributed by atoms with van der Waals surface area (Å²) < 4.78 is 6.79. The lowest BCUT2D eigenvalue weighted by molar-refractivity contribution is -0.148. The van der Waals surface area contributed by atoms with E-state index >= 15 is 0 Å². The molecule has 0 saturated carbocycles. The van der Waals surface area contributed by atoms with Gasteiger partial charge in [-0.1, -0.05) is 58.0 Å². The minimum absolute atomic E-state index is 0.00382. The molecule has 0 radical (unpaired) electrons. The van der Waals surface area contributed by atoms with E-state index < -0.39 is 34.6 Å². The second kappa shape index (κ2) is 10.5. The number of aliphatic hydroxyl groups excluding tert-OH is 1. The van der Waals surface area contributed by atoms with Crippen molar-refractivity contribution in [2.75, 3.05) is 13.2 Å². The summed E-state index contributed by atoms with van der Waals surface area (Å²) in [5.41, 5.74) is -1.44. The van der Waals surface area contributed by atoms with Gasteiger partial charge in [0.15, 0.2) is 0 Å². The van der Waals surface area contributed by atoms with E-state index in [1.54, 1.807) is 4.90 Å². The molecule has 8 heteroatoms. The Morgan fingerprint density at radius 1 is 1.10 bits per heavy atom. The van der Waals surface area contributed by atoms with E-state index in [2.05, 4.69) is 38.3 Å². The Morgan fingerprint density at radius 2 is 1.77 bits per heavy atom. The second-order valence-electron chi connectivity index (χ2n) is 14.0. The van der Waals surface area contributed by atoms with Crippen molar-refractivity contribution in [1.29, 1.82) is 0 Å². The smallest absolute Gasteiger partial charge is 0.246 e. The monoisotopic (exact) mass is 541 g/mol. The van der Waals surface area contributed by atoms with E-state index in [0.717, 1.165) is 12.0 Å². The SMILES string of the molecule is CC1CC23O[C@]1(C)[C@@H](C(=O)NCc1ccccc1)[C@H]2C(=O)N(CCCCO)C3C(=O)NC(C)(C)CC(C)(C)C. The summed E-state index contributed by atoms with van der Waals surface area (Å²) in [5.74, 6) is -2.08. The number of aliphatic hydroxyl groups is 1. The molecule has 1 aromatic carbocycles. The number of carbonyl (C=O) groups is 3. The van der Waals surface area contributed by atoms with Crippen molar-refractivity contribution in [3.63, 3.8) is 0 Å². The van der Waals surface area contributed by atoms with E-state index in [1.165, 1.54) is 0 Å². The normalized spacial score (nSPS) is 31.9. The van der Waals surface area contributed by atoms with Gasteiger partial charge in [-0.05, 0) is 63.4 Å². The highest BCUT2D eigenvalue weighted by Gasteiger charge is 2.79. The predicted octanol–water partition coefficient (Wildman–Crippen LogP) is 3.42. The molecule has 0 aromatic heterocycles. The first-order valence-corrected chi connectivity index (χ1v) is 14.4. The molecule has 1 aromatic rings. The summed E-state index contributed by atoms with van der Waals surface area (Å²) in [6.07, 6.45) is 2.39. The fourth-order valence-corrected chi connectivity index (χ4v) is 7.74. The molecule has 216 valence electrons. The fraction of sp³-hybridized carbons (Fsp3) is 0.710. The Morgan fingerprint density at radius 3 is 2.38 bits per heavy atom. The Kier molecular flexibility index (Phi) is 7.96. The number of fused-ring (bicyclic) bond motifs is 1. The zero-order chi connectivity index (χ0) is 28.8. The van der Waals surface area contributed by atoms with Crippen LogP contribution < -0.4 is 10.6 Å². The average molecular weight is 542 g/mol. The summed E-state index contributed by atoms with van der Waals surface area (Å²) in [5, 5.41) is 15.7. The number of carbonyl (C=O) groups excluding carboxylic acids is 3. The van der Waals surface area contributed by atoms with Crippen molar-refractivity contribution in [2.24, 2.45) is 23.2 Å². The number of nitrogens with one attached hydrogen (secondary N) is 2. The first-order chi connectivity index (χ1) is 18.2. The van der Waals surface area contributed by atoms with E-state index in [4.69, 9.17) is 4.74 Å². The standard InChI is InChI=1S/C31H47N3O5/c1-20-17-31-23(22(30(20,7)39-31)25(36)32-18-21-13-9-8-10-14-21)27(38)34(15-11-12-16-35)24(31)26(37)33-29(5,6)19-28(2,3)4/h8-10,13-14,20,22-24,35H,11-12,15-19H2,1-7H3,(H,32,36)(H,33,37)/t20?,22-,23+,24?,30+,31?/m1/s1. The van der Waals surface area contributed by atoms with Crippen LogP contribution in [0, 0.1) is 23.2 Å². The van der Waals surface area contributed by atoms with Gasteiger partial charge >= 0.3 is 0 Å².